The average Bonchev–Trinajstić information content (AvgIpc) is 2.91. The summed E-state index contributed by atoms with van der Waals surface area (Å²) < 4.78 is 24.5. The summed E-state index contributed by atoms with van der Waals surface area (Å²) in [6, 6.07) is 9.90. The van der Waals surface area contributed by atoms with Crippen LogP contribution in [0.1, 0.15) is 71.8 Å². The maximum atomic E-state index is 13.7. The third-order valence-corrected chi connectivity index (χ3v) is 8.77. The van der Waals surface area contributed by atoms with E-state index >= 15 is 0 Å². The molecule has 2 fully saturated rings. The summed E-state index contributed by atoms with van der Waals surface area (Å²) in [5.41, 5.74) is 0.245. The molecule has 0 bridgehead atoms. The van der Waals surface area contributed by atoms with Crippen molar-refractivity contribution in [3.63, 3.8) is 0 Å². The average molecular weight is 548 g/mol. The van der Waals surface area contributed by atoms with Crippen LogP contribution in [0, 0.1) is 17.8 Å². The molecular formula is C31H49NO7. The second kappa shape index (κ2) is 13.7. The number of likely N-dealkylation sites (N-methyl/N-ethyl adjacent to an activating group) is 1. The molecule has 8 heteroatoms. The largest absolute Gasteiger partial charge is 0.465 e. The Morgan fingerprint density at radius 1 is 1.05 bits per heavy atom. The molecule has 2 aliphatic heterocycles. The Labute approximate surface area is 234 Å². The first-order valence-corrected chi connectivity index (χ1v) is 14.3. The molecular weight excluding hydrogens is 498 g/mol. The van der Waals surface area contributed by atoms with Crippen LogP contribution in [-0.2, 0) is 28.5 Å². The number of rotatable bonds is 5. The smallest absolute Gasteiger partial charge is 0.316 e. The van der Waals surface area contributed by atoms with Crippen LogP contribution in [-0.4, -0.2) is 85.8 Å². The molecule has 3 rings (SSSR count). The van der Waals surface area contributed by atoms with Crippen molar-refractivity contribution in [2.24, 2.45) is 17.8 Å². The molecule has 2 saturated heterocycles. The van der Waals surface area contributed by atoms with Gasteiger partial charge in [0.1, 0.15) is 12.0 Å². The molecule has 0 amide bonds. The van der Waals surface area contributed by atoms with Crippen molar-refractivity contribution in [1.82, 2.24) is 4.90 Å². The van der Waals surface area contributed by atoms with Crippen LogP contribution in [0.15, 0.2) is 30.3 Å². The van der Waals surface area contributed by atoms with Crippen molar-refractivity contribution in [3.05, 3.63) is 35.9 Å². The molecule has 1 aromatic carbocycles. The lowest BCUT2D eigenvalue weighted by Gasteiger charge is -2.46. The van der Waals surface area contributed by atoms with E-state index in [2.05, 4.69) is 19.1 Å². The minimum atomic E-state index is -0.965. The number of ketones is 1. The van der Waals surface area contributed by atoms with Gasteiger partial charge >= 0.3 is 5.97 Å². The third kappa shape index (κ3) is 7.67. The van der Waals surface area contributed by atoms with Crippen molar-refractivity contribution < 1.29 is 33.6 Å². The predicted molar refractivity (Wildman–Crippen MR) is 149 cm³/mol. The number of benzene rings is 1. The van der Waals surface area contributed by atoms with E-state index in [1.54, 1.807) is 21.0 Å². The van der Waals surface area contributed by atoms with Crippen LogP contribution >= 0.6 is 0 Å². The number of cyclic esters (lactones) is 1. The van der Waals surface area contributed by atoms with E-state index in [4.69, 9.17) is 18.9 Å². The molecule has 0 radical (unpaired) electrons. The molecule has 39 heavy (non-hydrogen) atoms. The predicted octanol–water partition coefficient (Wildman–Crippen LogP) is 4.19. The molecule has 0 aliphatic carbocycles. The number of carbonyl (C=O) groups is 2. The standard InChI is InChI=1S/C31H49NO7/c1-19-14-15-24(23-12-10-9-11-13-23)18-37-29(35)22(4)26(33)21(3)28(31(5,17-19)36-8)39-30-27(34)25(32(6)7)16-20(2)38-30/h9-13,19-22,24-25,27-28,30,34H,14-18H2,1-8H3/t19-,20+,21-,22+,24-,25?,27?,28+,30-,31+/m0/s1. The number of ether oxygens (including phenoxy) is 4. The molecule has 2 aliphatic rings. The molecule has 220 valence electrons. The van der Waals surface area contributed by atoms with Gasteiger partial charge in [0.2, 0.25) is 0 Å². The molecule has 2 heterocycles. The Morgan fingerprint density at radius 3 is 2.33 bits per heavy atom. The van der Waals surface area contributed by atoms with Gasteiger partial charge in [-0.1, -0.05) is 44.2 Å². The van der Waals surface area contributed by atoms with E-state index in [9.17, 15) is 14.7 Å². The van der Waals surface area contributed by atoms with Crippen LogP contribution < -0.4 is 0 Å². The highest BCUT2D eigenvalue weighted by atomic mass is 16.7. The van der Waals surface area contributed by atoms with Gasteiger partial charge < -0.3 is 29.0 Å². The molecule has 2 unspecified atom stereocenters. The topological polar surface area (TPSA) is 94.5 Å². The van der Waals surface area contributed by atoms with E-state index in [0.29, 0.717) is 12.8 Å². The molecule has 0 aromatic heterocycles. The number of aliphatic hydroxyl groups is 1. The summed E-state index contributed by atoms with van der Waals surface area (Å²) in [7, 11) is 5.47. The van der Waals surface area contributed by atoms with Crippen molar-refractivity contribution in [3.8, 4) is 0 Å². The highest BCUT2D eigenvalue weighted by Gasteiger charge is 2.48. The Bertz CT molecular complexity index is 940. The molecule has 1 aromatic rings. The Balaban J connectivity index is 1.94. The lowest BCUT2D eigenvalue weighted by Crippen LogP contribution is -2.59. The van der Waals surface area contributed by atoms with Crippen molar-refractivity contribution in [2.75, 3.05) is 27.8 Å². The van der Waals surface area contributed by atoms with Gasteiger partial charge in [-0.05, 0) is 72.0 Å². The number of aliphatic hydroxyl groups excluding tert-OH is 1. The number of hydrogen-bond acceptors (Lipinski definition) is 8. The summed E-state index contributed by atoms with van der Waals surface area (Å²) in [6.45, 7) is 9.68. The van der Waals surface area contributed by atoms with E-state index in [1.807, 2.05) is 51.0 Å². The van der Waals surface area contributed by atoms with E-state index < -0.39 is 41.9 Å². The minimum Gasteiger partial charge on any atom is -0.465 e. The number of nitrogens with zero attached hydrogens (tertiary/aromatic N) is 1. The van der Waals surface area contributed by atoms with Gasteiger partial charge in [-0.2, -0.15) is 0 Å². The van der Waals surface area contributed by atoms with E-state index in [1.165, 1.54) is 0 Å². The summed E-state index contributed by atoms with van der Waals surface area (Å²) in [5, 5.41) is 11.2. The Hall–Kier alpha value is -1.84. The second-order valence-corrected chi connectivity index (χ2v) is 12.2. The van der Waals surface area contributed by atoms with Gasteiger partial charge in [0.15, 0.2) is 12.1 Å². The van der Waals surface area contributed by atoms with Crippen LogP contribution in [0.5, 0.6) is 0 Å². The molecule has 0 saturated carbocycles. The second-order valence-electron chi connectivity index (χ2n) is 12.2. The first-order valence-electron chi connectivity index (χ1n) is 14.3. The fourth-order valence-electron chi connectivity index (χ4n) is 6.22. The third-order valence-electron chi connectivity index (χ3n) is 8.77. The quantitative estimate of drug-likeness (QED) is 0.433. The summed E-state index contributed by atoms with van der Waals surface area (Å²) in [6.07, 6.45) is 0.261. The maximum absolute atomic E-state index is 13.7. The zero-order valence-corrected chi connectivity index (χ0v) is 25.0. The van der Waals surface area contributed by atoms with E-state index in [0.717, 1.165) is 18.4 Å². The van der Waals surface area contributed by atoms with Crippen LogP contribution in [0.2, 0.25) is 0 Å². The number of Topliss-reactive ketones (excluding diaryl/α,β-unsaturated/α-hetero) is 1. The normalized spacial score (nSPS) is 39.4. The molecule has 1 N–H and O–H groups in total. The van der Waals surface area contributed by atoms with Crippen molar-refractivity contribution in [2.45, 2.75) is 102 Å². The summed E-state index contributed by atoms with van der Waals surface area (Å²) >= 11 is 0. The zero-order valence-electron chi connectivity index (χ0n) is 25.0. The SMILES string of the molecule is CO[C@]1(C)C[C@@H](C)CC[C@H](c2ccccc2)COC(=O)[C@H](C)C(=O)[C@H](C)[C@H]1O[C@@H]1O[C@H](C)CC(N(C)C)C1O. The fraction of sp³-hybridized carbons (Fsp3) is 0.742. The van der Waals surface area contributed by atoms with Gasteiger partial charge in [-0.3, -0.25) is 9.59 Å². The van der Waals surface area contributed by atoms with Gasteiger partial charge in [-0.25, -0.2) is 0 Å². The number of hydrogen-bond donors (Lipinski definition) is 1. The first kappa shape index (κ1) is 31.7. The van der Waals surface area contributed by atoms with Gasteiger partial charge in [0, 0.05) is 25.0 Å². The van der Waals surface area contributed by atoms with Crippen molar-refractivity contribution in [1.29, 1.82) is 0 Å². The lowest BCUT2D eigenvalue weighted by molar-refractivity contribution is -0.295. The first-order chi connectivity index (χ1) is 18.4. The highest BCUT2D eigenvalue weighted by molar-refractivity contribution is 5.99. The maximum Gasteiger partial charge on any atom is 0.316 e. The molecule has 0 spiro atoms. The van der Waals surface area contributed by atoms with Gasteiger partial charge in [0.05, 0.1) is 24.4 Å². The van der Waals surface area contributed by atoms with Crippen LogP contribution in [0.25, 0.3) is 0 Å². The fourth-order valence-corrected chi connectivity index (χ4v) is 6.22. The minimum absolute atomic E-state index is 0.0363. The van der Waals surface area contributed by atoms with Crippen LogP contribution in [0.4, 0.5) is 0 Å². The number of esters is 1. The summed E-state index contributed by atoms with van der Waals surface area (Å²) in [5.74, 6) is -2.22. The Morgan fingerprint density at radius 2 is 1.72 bits per heavy atom. The summed E-state index contributed by atoms with van der Waals surface area (Å²) in [4.78, 5) is 28.8. The zero-order chi connectivity index (χ0) is 28.9. The monoisotopic (exact) mass is 547 g/mol. The Kier molecular flexibility index (Phi) is 11.1. The van der Waals surface area contributed by atoms with E-state index in [-0.39, 0.29) is 36.4 Å². The number of carbonyl (C=O) groups excluding carboxylic acids is 2. The van der Waals surface area contributed by atoms with Crippen LogP contribution in [0.3, 0.4) is 0 Å². The molecule has 8 nitrogen and oxygen atoms in total. The van der Waals surface area contributed by atoms with Gasteiger partial charge in [-0.15, -0.1) is 0 Å². The lowest BCUT2D eigenvalue weighted by atomic mass is 9.77. The van der Waals surface area contributed by atoms with Crippen molar-refractivity contribution >= 4 is 11.8 Å². The number of methoxy groups -OCH3 is 1. The highest BCUT2D eigenvalue weighted by Crippen LogP contribution is 2.38. The molecule has 10 atom stereocenters. The van der Waals surface area contributed by atoms with Gasteiger partial charge in [0.25, 0.3) is 0 Å².